The molecule has 0 aromatic rings. The average molecular weight is 258 g/mol. The molecule has 2 heterocycles. The van der Waals surface area contributed by atoms with E-state index in [0.717, 1.165) is 37.4 Å². The summed E-state index contributed by atoms with van der Waals surface area (Å²) in [6.07, 6.45) is 2.39. The van der Waals surface area contributed by atoms with Gasteiger partial charge in [-0.05, 0) is 25.0 Å². The van der Waals surface area contributed by atoms with Crippen LogP contribution in [0.5, 0.6) is 0 Å². The number of likely N-dealkylation sites (tertiary alicyclic amines) is 1. The molecule has 0 saturated carbocycles. The SMILES string of the molecule is O=C(O)[C@H]1CCCN1C(=O)N1CCCSCC1. The normalized spacial score (nSPS) is 25.8. The molecule has 1 N–H and O–H groups in total. The van der Waals surface area contributed by atoms with Gasteiger partial charge in [-0.3, -0.25) is 0 Å². The Morgan fingerprint density at radius 2 is 1.94 bits per heavy atom. The van der Waals surface area contributed by atoms with Crippen molar-refractivity contribution in [3.63, 3.8) is 0 Å². The molecule has 0 unspecified atom stereocenters. The Bertz CT molecular complexity index is 303. The number of carboxylic acid groups (broad SMARTS) is 1. The highest BCUT2D eigenvalue weighted by molar-refractivity contribution is 7.99. The monoisotopic (exact) mass is 258 g/mol. The van der Waals surface area contributed by atoms with Crippen molar-refractivity contribution in [1.29, 1.82) is 0 Å². The van der Waals surface area contributed by atoms with Crippen molar-refractivity contribution in [2.45, 2.75) is 25.3 Å². The number of nitrogens with zero attached hydrogens (tertiary/aromatic N) is 2. The number of hydrogen-bond acceptors (Lipinski definition) is 3. The van der Waals surface area contributed by atoms with Crippen molar-refractivity contribution in [2.24, 2.45) is 0 Å². The maximum Gasteiger partial charge on any atom is 0.326 e. The lowest BCUT2D eigenvalue weighted by Crippen LogP contribution is -2.48. The third-order valence-electron chi connectivity index (χ3n) is 3.28. The van der Waals surface area contributed by atoms with Crippen LogP contribution in [0.1, 0.15) is 19.3 Å². The molecule has 6 heteroatoms. The molecule has 2 amide bonds. The van der Waals surface area contributed by atoms with Crippen LogP contribution in [-0.2, 0) is 4.79 Å². The summed E-state index contributed by atoms with van der Waals surface area (Å²) in [6, 6.07) is -0.698. The van der Waals surface area contributed by atoms with Gasteiger partial charge in [0.15, 0.2) is 0 Å². The molecule has 0 radical (unpaired) electrons. The maximum atomic E-state index is 12.2. The molecule has 1 atom stereocenters. The van der Waals surface area contributed by atoms with Crippen LogP contribution in [0.15, 0.2) is 0 Å². The van der Waals surface area contributed by atoms with E-state index in [-0.39, 0.29) is 6.03 Å². The van der Waals surface area contributed by atoms with E-state index in [1.807, 2.05) is 11.8 Å². The zero-order valence-electron chi connectivity index (χ0n) is 9.80. The minimum Gasteiger partial charge on any atom is -0.480 e. The molecule has 17 heavy (non-hydrogen) atoms. The van der Waals surface area contributed by atoms with Crippen molar-refractivity contribution in [3.05, 3.63) is 0 Å². The Kier molecular flexibility index (Phi) is 4.15. The molecule has 2 fully saturated rings. The van der Waals surface area contributed by atoms with Gasteiger partial charge in [0.1, 0.15) is 6.04 Å². The topological polar surface area (TPSA) is 60.9 Å². The molecule has 96 valence electrons. The first-order valence-corrected chi connectivity index (χ1v) is 7.21. The first-order chi connectivity index (χ1) is 8.20. The summed E-state index contributed by atoms with van der Waals surface area (Å²) in [5.74, 6) is 1.17. The number of aliphatic carboxylic acids is 1. The van der Waals surface area contributed by atoms with E-state index in [9.17, 15) is 9.59 Å². The quantitative estimate of drug-likeness (QED) is 0.765. The Morgan fingerprint density at radius 3 is 2.71 bits per heavy atom. The Morgan fingerprint density at radius 1 is 1.12 bits per heavy atom. The summed E-state index contributed by atoms with van der Waals surface area (Å²) in [7, 11) is 0. The lowest BCUT2D eigenvalue weighted by atomic mass is 10.2. The third kappa shape index (κ3) is 2.86. The van der Waals surface area contributed by atoms with Gasteiger partial charge in [-0.15, -0.1) is 0 Å². The number of hydrogen-bond donors (Lipinski definition) is 1. The minimum atomic E-state index is -0.875. The predicted molar refractivity (Wildman–Crippen MR) is 66.3 cm³/mol. The fourth-order valence-corrected chi connectivity index (χ4v) is 3.26. The predicted octanol–water partition coefficient (Wildman–Crippen LogP) is 1.09. The van der Waals surface area contributed by atoms with Crippen molar-refractivity contribution in [2.75, 3.05) is 31.1 Å². The second-order valence-corrected chi connectivity index (χ2v) is 5.65. The number of carboxylic acids is 1. The summed E-state index contributed by atoms with van der Waals surface area (Å²) in [5, 5.41) is 9.07. The molecule has 2 saturated heterocycles. The fourth-order valence-electron chi connectivity index (χ4n) is 2.37. The first kappa shape index (κ1) is 12.5. The standard InChI is InChI=1S/C11H18N2O3S/c14-10(15)9-3-1-5-13(9)11(16)12-4-2-7-17-8-6-12/h9H,1-8H2,(H,14,15)/t9-/m1/s1. The van der Waals surface area contributed by atoms with E-state index in [1.165, 1.54) is 4.90 Å². The number of thioether (sulfide) groups is 1. The summed E-state index contributed by atoms with van der Waals surface area (Å²) < 4.78 is 0. The minimum absolute atomic E-state index is 0.0857. The fraction of sp³-hybridized carbons (Fsp3) is 0.818. The van der Waals surface area contributed by atoms with Crippen molar-refractivity contribution < 1.29 is 14.7 Å². The Balaban J connectivity index is 2.00. The molecule has 2 aliphatic rings. The Labute approximate surface area is 105 Å². The molecule has 0 aliphatic carbocycles. The number of rotatable bonds is 1. The van der Waals surface area contributed by atoms with Crippen LogP contribution in [0.25, 0.3) is 0 Å². The maximum absolute atomic E-state index is 12.2. The van der Waals surface area contributed by atoms with Crippen LogP contribution < -0.4 is 0 Å². The van der Waals surface area contributed by atoms with Gasteiger partial charge in [-0.25, -0.2) is 9.59 Å². The molecule has 0 aromatic heterocycles. The van der Waals surface area contributed by atoms with Gasteiger partial charge in [0, 0.05) is 25.4 Å². The highest BCUT2D eigenvalue weighted by Gasteiger charge is 2.36. The second-order valence-electron chi connectivity index (χ2n) is 4.43. The van der Waals surface area contributed by atoms with Gasteiger partial charge < -0.3 is 14.9 Å². The largest absolute Gasteiger partial charge is 0.480 e. The average Bonchev–Trinajstić information content (AvgIpc) is 2.64. The van der Waals surface area contributed by atoms with Gasteiger partial charge >= 0.3 is 12.0 Å². The van der Waals surface area contributed by atoms with Crippen LogP contribution in [-0.4, -0.2) is 64.1 Å². The Hall–Kier alpha value is -0.910. The van der Waals surface area contributed by atoms with E-state index in [1.54, 1.807) is 4.90 Å². The van der Waals surface area contributed by atoms with Crippen LogP contribution in [0.3, 0.4) is 0 Å². The lowest BCUT2D eigenvalue weighted by Gasteiger charge is -2.29. The smallest absolute Gasteiger partial charge is 0.326 e. The number of carbonyl (C=O) groups is 2. The zero-order chi connectivity index (χ0) is 12.3. The van der Waals surface area contributed by atoms with Gasteiger partial charge in [0.2, 0.25) is 0 Å². The molecular weight excluding hydrogens is 240 g/mol. The van der Waals surface area contributed by atoms with Crippen molar-refractivity contribution in [3.8, 4) is 0 Å². The van der Waals surface area contributed by atoms with Crippen LogP contribution in [0.4, 0.5) is 4.79 Å². The van der Waals surface area contributed by atoms with E-state index >= 15 is 0 Å². The van der Waals surface area contributed by atoms with Gasteiger partial charge in [-0.2, -0.15) is 11.8 Å². The lowest BCUT2D eigenvalue weighted by molar-refractivity contribution is -0.141. The third-order valence-corrected chi connectivity index (χ3v) is 4.32. The highest BCUT2D eigenvalue weighted by Crippen LogP contribution is 2.20. The highest BCUT2D eigenvalue weighted by atomic mass is 32.2. The van der Waals surface area contributed by atoms with Gasteiger partial charge in [0.25, 0.3) is 0 Å². The van der Waals surface area contributed by atoms with E-state index < -0.39 is 12.0 Å². The van der Waals surface area contributed by atoms with Crippen LogP contribution in [0.2, 0.25) is 0 Å². The summed E-state index contributed by atoms with van der Waals surface area (Å²) >= 11 is 1.86. The summed E-state index contributed by atoms with van der Waals surface area (Å²) in [5.41, 5.74) is 0. The van der Waals surface area contributed by atoms with E-state index in [0.29, 0.717) is 13.0 Å². The molecule has 0 bridgehead atoms. The van der Waals surface area contributed by atoms with E-state index in [2.05, 4.69) is 0 Å². The van der Waals surface area contributed by atoms with Crippen LogP contribution in [0, 0.1) is 0 Å². The summed E-state index contributed by atoms with van der Waals surface area (Å²) in [6.45, 7) is 2.08. The second kappa shape index (κ2) is 5.62. The van der Waals surface area contributed by atoms with Gasteiger partial charge in [0.05, 0.1) is 0 Å². The molecule has 0 spiro atoms. The van der Waals surface area contributed by atoms with Crippen molar-refractivity contribution >= 4 is 23.8 Å². The number of amides is 2. The number of urea groups is 1. The molecular formula is C11H18N2O3S. The molecule has 2 rings (SSSR count). The van der Waals surface area contributed by atoms with Gasteiger partial charge in [-0.1, -0.05) is 0 Å². The molecule has 2 aliphatic heterocycles. The van der Waals surface area contributed by atoms with Crippen LogP contribution >= 0.6 is 11.8 Å². The summed E-state index contributed by atoms with van der Waals surface area (Å²) in [4.78, 5) is 26.6. The first-order valence-electron chi connectivity index (χ1n) is 6.06. The van der Waals surface area contributed by atoms with Crippen molar-refractivity contribution in [1.82, 2.24) is 9.80 Å². The number of carbonyl (C=O) groups excluding carboxylic acids is 1. The molecule has 5 nitrogen and oxygen atoms in total. The van der Waals surface area contributed by atoms with E-state index in [4.69, 9.17) is 5.11 Å². The zero-order valence-corrected chi connectivity index (χ0v) is 10.6. The molecule has 0 aromatic carbocycles.